The topological polar surface area (TPSA) is 81.0 Å². The zero-order chi connectivity index (χ0) is 12.4. The molecule has 3 rings (SSSR count). The third-order valence-electron chi connectivity index (χ3n) is 2.54. The molecule has 18 heavy (non-hydrogen) atoms. The first kappa shape index (κ1) is 11.2. The molecule has 1 saturated heterocycles. The average Bonchev–Trinajstić information content (AvgIpc) is 2.82. The summed E-state index contributed by atoms with van der Waals surface area (Å²) in [5.74, 6) is 0.845. The highest BCUT2D eigenvalue weighted by Crippen LogP contribution is 2.21. The molecule has 0 amide bonds. The predicted molar refractivity (Wildman–Crippen MR) is 68.6 cm³/mol. The molecule has 1 unspecified atom stereocenters. The molecule has 1 aliphatic rings. The minimum absolute atomic E-state index is 0.127. The fourth-order valence-corrected chi connectivity index (χ4v) is 2.54. The molecule has 90 valence electrons. The van der Waals surface area contributed by atoms with Gasteiger partial charge < -0.3 is 0 Å². The summed E-state index contributed by atoms with van der Waals surface area (Å²) in [5.41, 5.74) is 1.77. The summed E-state index contributed by atoms with van der Waals surface area (Å²) < 4.78 is 0. The molecule has 0 saturated carbocycles. The lowest BCUT2D eigenvalue weighted by molar-refractivity contribution is -0.111. The minimum atomic E-state index is -0.238. The fourth-order valence-electron chi connectivity index (χ4n) is 1.63. The van der Waals surface area contributed by atoms with Crippen LogP contribution in [0.4, 0.5) is 0 Å². The molecule has 0 radical (unpaired) electrons. The largest absolute Gasteiger partial charge is 0.285 e. The molecule has 6 nitrogen and oxygen atoms in total. The Morgan fingerprint density at radius 3 is 3.17 bits per heavy atom. The SMILES string of the molecule is O=C1SCCC1N=Cc1cnc2cncnc2n1. The van der Waals surface area contributed by atoms with Crippen LogP contribution in [0.3, 0.4) is 0 Å². The van der Waals surface area contributed by atoms with Gasteiger partial charge in [-0.05, 0) is 6.42 Å². The van der Waals surface area contributed by atoms with E-state index in [2.05, 4.69) is 24.9 Å². The molecule has 1 aliphatic heterocycles. The van der Waals surface area contributed by atoms with E-state index in [0.717, 1.165) is 12.2 Å². The van der Waals surface area contributed by atoms with E-state index >= 15 is 0 Å². The van der Waals surface area contributed by atoms with Crippen molar-refractivity contribution in [3.8, 4) is 0 Å². The molecule has 0 aliphatic carbocycles. The lowest BCUT2D eigenvalue weighted by Gasteiger charge is -1.99. The molecular weight excluding hydrogens is 250 g/mol. The van der Waals surface area contributed by atoms with Crippen LogP contribution in [0.15, 0.2) is 23.7 Å². The van der Waals surface area contributed by atoms with Crippen LogP contribution >= 0.6 is 11.8 Å². The van der Waals surface area contributed by atoms with Gasteiger partial charge in [-0.3, -0.25) is 9.79 Å². The fraction of sp³-hybridized carbons (Fsp3) is 0.273. The maximum atomic E-state index is 11.4. The lowest BCUT2D eigenvalue weighted by atomic mass is 10.3. The van der Waals surface area contributed by atoms with Crippen molar-refractivity contribution in [2.45, 2.75) is 12.5 Å². The summed E-state index contributed by atoms with van der Waals surface area (Å²) in [6.07, 6.45) is 7.01. The number of carbonyl (C=O) groups is 1. The van der Waals surface area contributed by atoms with Gasteiger partial charge in [-0.25, -0.2) is 19.9 Å². The molecular formula is C11H9N5OS. The Balaban J connectivity index is 1.86. The molecule has 0 N–H and O–H groups in total. The van der Waals surface area contributed by atoms with Crippen molar-refractivity contribution < 1.29 is 4.79 Å². The number of carbonyl (C=O) groups excluding carboxylic acids is 1. The Kier molecular flexibility index (Phi) is 2.97. The van der Waals surface area contributed by atoms with Crippen LogP contribution < -0.4 is 0 Å². The molecule has 2 aromatic rings. The number of fused-ring (bicyclic) bond motifs is 1. The number of aliphatic imine (C=N–C) groups is 1. The van der Waals surface area contributed by atoms with Gasteiger partial charge in [0.05, 0.1) is 12.4 Å². The van der Waals surface area contributed by atoms with Crippen molar-refractivity contribution in [2.24, 2.45) is 4.99 Å². The Bertz CT molecular complexity index is 630. The van der Waals surface area contributed by atoms with E-state index in [9.17, 15) is 4.79 Å². The highest BCUT2D eigenvalue weighted by atomic mass is 32.2. The minimum Gasteiger partial charge on any atom is -0.285 e. The van der Waals surface area contributed by atoms with Crippen molar-refractivity contribution in [1.82, 2.24) is 19.9 Å². The first-order valence-corrected chi connectivity index (χ1v) is 6.44. The van der Waals surface area contributed by atoms with Gasteiger partial charge in [-0.15, -0.1) is 0 Å². The van der Waals surface area contributed by atoms with Crippen molar-refractivity contribution in [1.29, 1.82) is 0 Å². The maximum Gasteiger partial charge on any atom is 0.213 e. The van der Waals surface area contributed by atoms with E-state index in [1.165, 1.54) is 18.1 Å². The summed E-state index contributed by atoms with van der Waals surface area (Å²) in [5, 5.41) is 0.127. The molecule has 0 bridgehead atoms. The van der Waals surface area contributed by atoms with Crippen LogP contribution in [0.5, 0.6) is 0 Å². The zero-order valence-electron chi connectivity index (χ0n) is 9.35. The number of nitrogens with zero attached hydrogens (tertiary/aromatic N) is 5. The molecule has 2 aromatic heterocycles. The second-order valence-electron chi connectivity index (χ2n) is 3.78. The average molecular weight is 259 g/mol. The van der Waals surface area contributed by atoms with Crippen molar-refractivity contribution in [3.05, 3.63) is 24.4 Å². The van der Waals surface area contributed by atoms with Crippen molar-refractivity contribution in [3.63, 3.8) is 0 Å². The smallest absolute Gasteiger partial charge is 0.213 e. The number of hydrogen-bond donors (Lipinski definition) is 0. The Labute approximate surface area is 107 Å². The van der Waals surface area contributed by atoms with E-state index < -0.39 is 0 Å². The van der Waals surface area contributed by atoms with Crippen LogP contribution in [0.25, 0.3) is 11.2 Å². The van der Waals surface area contributed by atoms with Crippen molar-refractivity contribution in [2.75, 3.05) is 5.75 Å². The summed E-state index contributed by atoms with van der Waals surface area (Å²) in [7, 11) is 0. The van der Waals surface area contributed by atoms with Crippen molar-refractivity contribution >= 4 is 34.3 Å². The summed E-state index contributed by atoms with van der Waals surface area (Å²) in [4.78, 5) is 32.0. The van der Waals surface area contributed by atoms with Gasteiger partial charge in [0.15, 0.2) is 5.65 Å². The molecule has 0 aromatic carbocycles. The molecule has 0 spiro atoms. The molecule has 1 fully saturated rings. The number of rotatable bonds is 2. The summed E-state index contributed by atoms with van der Waals surface area (Å²) >= 11 is 1.33. The molecule has 7 heteroatoms. The maximum absolute atomic E-state index is 11.4. The van der Waals surface area contributed by atoms with Gasteiger partial charge in [0.1, 0.15) is 23.6 Å². The van der Waals surface area contributed by atoms with Gasteiger partial charge in [0, 0.05) is 12.0 Å². The van der Waals surface area contributed by atoms with E-state index in [1.54, 1.807) is 18.6 Å². The van der Waals surface area contributed by atoms with Gasteiger partial charge in [0.2, 0.25) is 5.12 Å². The highest BCUT2D eigenvalue weighted by Gasteiger charge is 2.23. The summed E-state index contributed by atoms with van der Waals surface area (Å²) in [6.45, 7) is 0. The highest BCUT2D eigenvalue weighted by molar-refractivity contribution is 8.14. The van der Waals surface area contributed by atoms with E-state index in [1.807, 2.05) is 0 Å². The van der Waals surface area contributed by atoms with Gasteiger partial charge >= 0.3 is 0 Å². The zero-order valence-corrected chi connectivity index (χ0v) is 10.2. The van der Waals surface area contributed by atoms with Crippen LogP contribution in [0, 0.1) is 0 Å². The quantitative estimate of drug-likeness (QED) is 0.744. The summed E-state index contributed by atoms with van der Waals surface area (Å²) in [6, 6.07) is -0.238. The number of hydrogen-bond acceptors (Lipinski definition) is 7. The Morgan fingerprint density at radius 1 is 1.39 bits per heavy atom. The third kappa shape index (κ3) is 2.21. The first-order valence-electron chi connectivity index (χ1n) is 5.45. The van der Waals surface area contributed by atoms with Crippen LogP contribution in [-0.4, -0.2) is 43.1 Å². The van der Waals surface area contributed by atoms with E-state index in [-0.39, 0.29) is 11.2 Å². The molecule has 3 heterocycles. The predicted octanol–water partition coefficient (Wildman–Crippen LogP) is 0.871. The van der Waals surface area contributed by atoms with E-state index in [4.69, 9.17) is 0 Å². The first-order chi connectivity index (χ1) is 8.83. The van der Waals surface area contributed by atoms with Crippen LogP contribution in [0.1, 0.15) is 12.1 Å². The number of thioether (sulfide) groups is 1. The Hall–Kier alpha value is -1.89. The standard InChI is InChI=1S/C11H9N5OS/c17-11-8(1-2-18-11)13-3-7-4-14-9-5-12-6-15-10(9)16-7/h3-6,8H,1-2H2. The van der Waals surface area contributed by atoms with Gasteiger partial charge in [-0.1, -0.05) is 11.8 Å². The monoisotopic (exact) mass is 259 g/mol. The third-order valence-corrected chi connectivity index (χ3v) is 3.53. The lowest BCUT2D eigenvalue weighted by Crippen LogP contribution is -2.08. The van der Waals surface area contributed by atoms with Crippen LogP contribution in [0.2, 0.25) is 0 Å². The molecule has 1 atom stereocenters. The second kappa shape index (κ2) is 4.77. The second-order valence-corrected chi connectivity index (χ2v) is 4.88. The van der Waals surface area contributed by atoms with Gasteiger partial charge in [0.25, 0.3) is 0 Å². The number of aromatic nitrogens is 4. The van der Waals surface area contributed by atoms with Gasteiger partial charge in [-0.2, -0.15) is 0 Å². The van der Waals surface area contributed by atoms with Crippen LogP contribution in [-0.2, 0) is 4.79 Å². The van der Waals surface area contributed by atoms with E-state index in [0.29, 0.717) is 16.9 Å². The Morgan fingerprint density at radius 2 is 2.33 bits per heavy atom. The normalized spacial score (nSPS) is 20.0.